The Hall–Kier alpha value is -2.04. The molecule has 0 bridgehead atoms. The molecule has 0 atom stereocenters. The van der Waals surface area contributed by atoms with Gasteiger partial charge in [0.15, 0.2) is 6.61 Å². The number of rotatable bonds is 4. The number of oxime groups is 1. The third-order valence-electron chi connectivity index (χ3n) is 3.73. The molecule has 1 fully saturated rings. The Morgan fingerprint density at radius 3 is 2.71 bits per heavy atom. The molecule has 1 saturated heterocycles. The summed E-state index contributed by atoms with van der Waals surface area (Å²) in [5, 5.41) is 12.2. The van der Waals surface area contributed by atoms with Crippen LogP contribution in [0.25, 0.3) is 0 Å². The third kappa shape index (κ3) is 3.97. The Kier molecular flexibility index (Phi) is 5.20. The van der Waals surface area contributed by atoms with Crippen LogP contribution in [-0.4, -0.2) is 41.4 Å². The van der Waals surface area contributed by atoms with Crippen molar-refractivity contribution in [2.24, 2.45) is 5.16 Å². The van der Waals surface area contributed by atoms with Crippen molar-refractivity contribution in [2.45, 2.75) is 33.1 Å². The van der Waals surface area contributed by atoms with Crippen molar-refractivity contribution in [2.75, 3.05) is 19.7 Å². The second-order valence-corrected chi connectivity index (χ2v) is 5.42. The number of benzene rings is 1. The predicted octanol–water partition coefficient (Wildman–Crippen LogP) is 2.58. The molecule has 0 saturated carbocycles. The third-order valence-corrected chi connectivity index (χ3v) is 3.73. The van der Waals surface area contributed by atoms with Gasteiger partial charge in [0.25, 0.3) is 5.91 Å². The molecule has 0 aromatic heterocycles. The lowest BCUT2D eigenvalue weighted by atomic mass is 10.1. The van der Waals surface area contributed by atoms with Crippen LogP contribution in [0.15, 0.2) is 23.4 Å². The number of likely N-dealkylation sites (tertiary alicyclic amines) is 1. The van der Waals surface area contributed by atoms with E-state index in [1.165, 1.54) is 6.42 Å². The zero-order chi connectivity index (χ0) is 15.2. The van der Waals surface area contributed by atoms with Gasteiger partial charge < -0.3 is 14.8 Å². The largest absolute Gasteiger partial charge is 0.483 e. The highest BCUT2D eigenvalue weighted by Crippen LogP contribution is 2.21. The van der Waals surface area contributed by atoms with E-state index in [4.69, 9.17) is 9.94 Å². The van der Waals surface area contributed by atoms with Crippen LogP contribution in [0, 0.1) is 6.92 Å². The fourth-order valence-corrected chi connectivity index (χ4v) is 2.48. The highest BCUT2D eigenvalue weighted by Gasteiger charge is 2.17. The van der Waals surface area contributed by atoms with E-state index in [9.17, 15) is 4.79 Å². The molecule has 2 rings (SSSR count). The summed E-state index contributed by atoms with van der Waals surface area (Å²) >= 11 is 0. The lowest BCUT2D eigenvalue weighted by Crippen LogP contribution is -2.38. The maximum absolute atomic E-state index is 12.1. The molecule has 5 heteroatoms. The quantitative estimate of drug-likeness (QED) is 0.526. The van der Waals surface area contributed by atoms with E-state index in [2.05, 4.69) is 5.16 Å². The number of hydrogen-bond donors (Lipinski definition) is 1. The molecule has 0 spiro atoms. The molecule has 114 valence electrons. The summed E-state index contributed by atoms with van der Waals surface area (Å²) in [7, 11) is 0. The van der Waals surface area contributed by atoms with Crippen molar-refractivity contribution in [3.63, 3.8) is 0 Å². The van der Waals surface area contributed by atoms with Crippen molar-refractivity contribution in [3.05, 3.63) is 29.3 Å². The van der Waals surface area contributed by atoms with Gasteiger partial charge >= 0.3 is 0 Å². The first-order valence-corrected chi connectivity index (χ1v) is 7.32. The summed E-state index contributed by atoms with van der Waals surface area (Å²) in [5.41, 5.74) is 2.23. The fraction of sp³-hybridized carbons (Fsp3) is 0.500. The van der Waals surface area contributed by atoms with E-state index < -0.39 is 0 Å². The van der Waals surface area contributed by atoms with Crippen LogP contribution in [0.1, 0.15) is 37.3 Å². The van der Waals surface area contributed by atoms with Gasteiger partial charge in [0.1, 0.15) is 5.75 Å². The maximum Gasteiger partial charge on any atom is 0.260 e. The first-order chi connectivity index (χ1) is 10.1. The number of amides is 1. The number of carbonyl (C=O) groups is 1. The number of nitrogens with zero attached hydrogens (tertiary/aromatic N) is 2. The average molecular weight is 290 g/mol. The highest BCUT2D eigenvalue weighted by atomic mass is 16.5. The molecule has 1 aliphatic heterocycles. The van der Waals surface area contributed by atoms with Gasteiger partial charge in [-0.2, -0.15) is 0 Å². The van der Waals surface area contributed by atoms with Gasteiger partial charge in [0, 0.05) is 18.7 Å². The van der Waals surface area contributed by atoms with Crippen LogP contribution in [0.4, 0.5) is 0 Å². The number of carbonyl (C=O) groups excluding carboxylic acids is 1. The molecule has 5 nitrogen and oxygen atoms in total. The van der Waals surface area contributed by atoms with E-state index >= 15 is 0 Å². The molecule has 1 aromatic carbocycles. The van der Waals surface area contributed by atoms with E-state index in [1.807, 2.05) is 30.0 Å². The minimum absolute atomic E-state index is 0.0137. The van der Waals surface area contributed by atoms with Gasteiger partial charge in [-0.3, -0.25) is 4.79 Å². The number of ether oxygens (including phenoxy) is 1. The summed E-state index contributed by atoms with van der Waals surface area (Å²) in [4.78, 5) is 14.0. The summed E-state index contributed by atoms with van der Waals surface area (Å²) < 4.78 is 5.65. The van der Waals surface area contributed by atoms with Gasteiger partial charge in [-0.25, -0.2) is 0 Å². The van der Waals surface area contributed by atoms with E-state index in [1.54, 1.807) is 6.92 Å². The second-order valence-electron chi connectivity index (χ2n) is 5.42. The molecule has 1 heterocycles. The number of hydrogen-bond acceptors (Lipinski definition) is 4. The van der Waals surface area contributed by atoms with Crippen molar-refractivity contribution < 1.29 is 14.7 Å². The van der Waals surface area contributed by atoms with E-state index in [0.29, 0.717) is 17.0 Å². The molecule has 0 aliphatic carbocycles. The zero-order valence-corrected chi connectivity index (χ0v) is 12.6. The monoisotopic (exact) mass is 290 g/mol. The summed E-state index contributed by atoms with van der Waals surface area (Å²) in [6, 6.07) is 5.60. The minimum atomic E-state index is 0.0137. The molecule has 21 heavy (non-hydrogen) atoms. The number of aryl methyl sites for hydroxylation is 1. The van der Waals surface area contributed by atoms with E-state index in [-0.39, 0.29) is 12.5 Å². The molecule has 1 N–H and O–H groups in total. The van der Waals surface area contributed by atoms with Crippen LogP contribution in [0.2, 0.25) is 0 Å². The van der Waals surface area contributed by atoms with Gasteiger partial charge in [-0.1, -0.05) is 16.8 Å². The van der Waals surface area contributed by atoms with Gasteiger partial charge in [-0.15, -0.1) is 0 Å². The summed E-state index contributed by atoms with van der Waals surface area (Å²) in [6.07, 6.45) is 3.33. The minimum Gasteiger partial charge on any atom is -0.483 e. The Morgan fingerprint density at radius 2 is 2.05 bits per heavy atom. The molecular weight excluding hydrogens is 268 g/mol. The Balaban J connectivity index is 2.04. The lowest BCUT2D eigenvalue weighted by Gasteiger charge is -2.26. The van der Waals surface area contributed by atoms with Gasteiger partial charge in [0.2, 0.25) is 0 Å². The number of piperidine rings is 1. The SMILES string of the molecule is C/C(=N\O)c1cc(C)ccc1OCC(=O)N1CCCCC1. The van der Waals surface area contributed by atoms with Crippen LogP contribution in [0.5, 0.6) is 5.75 Å². The first-order valence-electron chi connectivity index (χ1n) is 7.32. The average Bonchev–Trinajstić information content (AvgIpc) is 2.53. The topological polar surface area (TPSA) is 62.1 Å². The van der Waals surface area contributed by atoms with Crippen LogP contribution >= 0.6 is 0 Å². The van der Waals surface area contributed by atoms with Gasteiger partial charge in [0.05, 0.1) is 5.71 Å². The Morgan fingerprint density at radius 1 is 1.33 bits per heavy atom. The molecule has 1 amide bonds. The fourth-order valence-electron chi connectivity index (χ4n) is 2.48. The van der Waals surface area contributed by atoms with Crippen molar-refractivity contribution >= 4 is 11.6 Å². The summed E-state index contributed by atoms with van der Waals surface area (Å²) in [5.74, 6) is 0.584. The second kappa shape index (κ2) is 7.11. The highest BCUT2D eigenvalue weighted by molar-refractivity contribution is 6.01. The van der Waals surface area contributed by atoms with Crippen LogP contribution < -0.4 is 4.74 Å². The molecular formula is C16H22N2O3. The van der Waals surface area contributed by atoms with E-state index in [0.717, 1.165) is 31.5 Å². The Bertz CT molecular complexity index is 534. The molecule has 1 aliphatic rings. The molecule has 0 radical (unpaired) electrons. The summed E-state index contributed by atoms with van der Waals surface area (Å²) in [6.45, 7) is 5.32. The van der Waals surface area contributed by atoms with Gasteiger partial charge in [-0.05, 0) is 45.2 Å². The van der Waals surface area contributed by atoms with Crippen molar-refractivity contribution in [1.29, 1.82) is 0 Å². The predicted molar refractivity (Wildman–Crippen MR) is 81.1 cm³/mol. The van der Waals surface area contributed by atoms with Crippen molar-refractivity contribution in [1.82, 2.24) is 4.90 Å². The standard InChI is InChI=1S/C16H22N2O3/c1-12-6-7-15(14(10-12)13(2)17-20)21-11-16(19)18-8-4-3-5-9-18/h6-7,10,20H,3-5,8-9,11H2,1-2H3/b17-13+. The zero-order valence-electron chi connectivity index (χ0n) is 12.6. The van der Waals surface area contributed by atoms with Crippen molar-refractivity contribution in [3.8, 4) is 5.75 Å². The molecule has 0 unspecified atom stereocenters. The van der Waals surface area contributed by atoms with Crippen LogP contribution in [0.3, 0.4) is 0 Å². The lowest BCUT2D eigenvalue weighted by molar-refractivity contribution is -0.134. The Labute approximate surface area is 125 Å². The van der Waals surface area contributed by atoms with Crippen LogP contribution in [-0.2, 0) is 4.79 Å². The normalized spacial score (nSPS) is 15.9. The maximum atomic E-state index is 12.1. The smallest absolute Gasteiger partial charge is 0.260 e. The molecule has 1 aromatic rings. The first kappa shape index (κ1) is 15.4.